The summed E-state index contributed by atoms with van der Waals surface area (Å²) in [5.41, 5.74) is 6.31. The molecule has 0 atom stereocenters. The quantitative estimate of drug-likeness (QED) is 0.444. The fourth-order valence-corrected chi connectivity index (χ4v) is 4.30. The third-order valence-electron chi connectivity index (χ3n) is 5.58. The van der Waals surface area contributed by atoms with E-state index in [0.29, 0.717) is 24.6 Å². The molecule has 3 aromatic carbocycles. The summed E-state index contributed by atoms with van der Waals surface area (Å²) in [4.78, 5) is 12.8. The van der Waals surface area contributed by atoms with Crippen LogP contribution < -0.4 is 10.3 Å². The molecule has 0 radical (unpaired) electrons. The molecular formula is C25H20ClNO2. The Morgan fingerprint density at radius 3 is 2.55 bits per heavy atom. The Bertz CT molecular complexity index is 1290. The van der Waals surface area contributed by atoms with E-state index in [-0.39, 0.29) is 5.56 Å². The van der Waals surface area contributed by atoms with E-state index in [1.807, 2.05) is 24.3 Å². The van der Waals surface area contributed by atoms with Crippen LogP contribution in [0.25, 0.3) is 10.9 Å². The topological polar surface area (TPSA) is 31.2 Å². The third kappa shape index (κ3) is 3.22. The van der Waals surface area contributed by atoms with Gasteiger partial charge in [0.2, 0.25) is 0 Å². The van der Waals surface area contributed by atoms with Gasteiger partial charge in [0.05, 0.1) is 17.1 Å². The molecule has 3 nitrogen and oxygen atoms in total. The van der Waals surface area contributed by atoms with Gasteiger partial charge in [-0.1, -0.05) is 65.7 Å². The number of halogens is 1. The third-order valence-corrected chi connectivity index (χ3v) is 5.90. The van der Waals surface area contributed by atoms with Crippen LogP contribution in [-0.4, -0.2) is 4.57 Å². The molecule has 5 rings (SSSR count). The summed E-state index contributed by atoms with van der Waals surface area (Å²) >= 11 is 6.65. The van der Waals surface area contributed by atoms with Crippen molar-refractivity contribution in [2.45, 2.75) is 26.5 Å². The van der Waals surface area contributed by atoms with Crippen LogP contribution in [0.5, 0.6) is 5.75 Å². The number of benzene rings is 3. The van der Waals surface area contributed by atoms with E-state index < -0.39 is 0 Å². The Kier molecular flexibility index (Phi) is 4.40. The molecular weight excluding hydrogens is 382 g/mol. The van der Waals surface area contributed by atoms with E-state index in [0.717, 1.165) is 33.3 Å². The molecule has 0 saturated heterocycles. The standard InChI is InChI=1S/C25H20ClNO2/c1-16-6-8-17(9-7-16)12-20-13-22(26)21-10-11-23(28)27-14-18-4-2-3-5-19(18)15-29-25(20)24(21)27/h2-11,13H,12,14-15H2,1H3. The van der Waals surface area contributed by atoms with Crippen molar-refractivity contribution in [2.24, 2.45) is 0 Å². The van der Waals surface area contributed by atoms with E-state index in [4.69, 9.17) is 16.3 Å². The van der Waals surface area contributed by atoms with Crippen molar-refractivity contribution in [1.29, 1.82) is 0 Å². The molecule has 0 unspecified atom stereocenters. The predicted octanol–water partition coefficient (Wildman–Crippen LogP) is 5.49. The van der Waals surface area contributed by atoms with Crippen LogP contribution in [0.3, 0.4) is 0 Å². The van der Waals surface area contributed by atoms with Gasteiger partial charge >= 0.3 is 0 Å². The van der Waals surface area contributed by atoms with Crippen molar-refractivity contribution in [2.75, 3.05) is 0 Å². The van der Waals surface area contributed by atoms with Crippen LogP contribution in [0.4, 0.5) is 0 Å². The lowest BCUT2D eigenvalue weighted by atomic mass is 9.99. The van der Waals surface area contributed by atoms with Gasteiger partial charge in [0.25, 0.3) is 5.56 Å². The zero-order chi connectivity index (χ0) is 20.0. The highest BCUT2D eigenvalue weighted by molar-refractivity contribution is 6.35. The molecule has 1 aliphatic heterocycles. The summed E-state index contributed by atoms with van der Waals surface area (Å²) in [7, 11) is 0. The largest absolute Gasteiger partial charge is 0.486 e. The smallest absolute Gasteiger partial charge is 0.251 e. The summed E-state index contributed by atoms with van der Waals surface area (Å²) in [5, 5.41) is 1.48. The Labute approximate surface area is 174 Å². The average Bonchev–Trinajstić information content (AvgIpc) is 2.70. The number of hydrogen-bond acceptors (Lipinski definition) is 2. The van der Waals surface area contributed by atoms with Crippen molar-refractivity contribution < 1.29 is 4.74 Å². The Morgan fingerprint density at radius 2 is 1.76 bits per heavy atom. The van der Waals surface area contributed by atoms with Gasteiger partial charge in [-0.25, -0.2) is 0 Å². The second-order valence-corrected chi connectivity index (χ2v) is 7.99. The maximum Gasteiger partial charge on any atom is 0.251 e. The Balaban J connectivity index is 1.75. The van der Waals surface area contributed by atoms with Crippen molar-refractivity contribution in [3.05, 3.63) is 110 Å². The fourth-order valence-electron chi connectivity index (χ4n) is 4.01. The number of aryl methyl sites for hydroxylation is 1. The van der Waals surface area contributed by atoms with Gasteiger partial charge in [-0.05, 0) is 35.7 Å². The lowest BCUT2D eigenvalue weighted by Crippen LogP contribution is -2.23. The summed E-state index contributed by atoms with van der Waals surface area (Å²) in [6, 6.07) is 21.9. The van der Waals surface area contributed by atoms with Gasteiger partial charge in [0.1, 0.15) is 12.4 Å². The summed E-state index contributed by atoms with van der Waals surface area (Å²) in [5.74, 6) is 0.747. The molecule has 0 amide bonds. The molecule has 0 fully saturated rings. The molecule has 0 spiro atoms. The van der Waals surface area contributed by atoms with Crippen molar-refractivity contribution in [3.63, 3.8) is 0 Å². The maximum absolute atomic E-state index is 12.8. The van der Waals surface area contributed by atoms with Crippen LogP contribution in [0.15, 0.2) is 71.5 Å². The van der Waals surface area contributed by atoms with E-state index in [9.17, 15) is 4.79 Å². The molecule has 29 heavy (non-hydrogen) atoms. The molecule has 0 saturated carbocycles. The number of rotatable bonds is 2. The molecule has 4 aromatic rings. The number of hydrogen-bond donors (Lipinski definition) is 0. The number of nitrogens with zero attached hydrogens (tertiary/aromatic N) is 1. The minimum absolute atomic E-state index is 0.0531. The molecule has 2 heterocycles. The van der Waals surface area contributed by atoms with Crippen molar-refractivity contribution in [3.8, 4) is 5.75 Å². The Morgan fingerprint density at radius 1 is 1.00 bits per heavy atom. The molecule has 0 bridgehead atoms. The highest BCUT2D eigenvalue weighted by Gasteiger charge is 2.20. The first-order valence-corrected chi connectivity index (χ1v) is 10.1. The first-order chi connectivity index (χ1) is 14.1. The van der Waals surface area contributed by atoms with E-state index in [1.54, 1.807) is 16.7 Å². The van der Waals surface area contributed by atoms with Gasteiger partial charge in [-0.15, -0.1) is 0 Å². The highest BCUT2D eigenvalue weighted by atomic mass is 35.5. The van der Waals surface area contributed by atoms with Crippen LogP contribution in [0.2, 0.25) is 5.02 Å². The van der Waals surface area contributed by atoms with Gasteiger partial charge < -0.3 is 9.30 Å². The van der Waals surface area contributed by atoms with Crippen LogP contribution >= 0.6 is 11.6 Å². The number of aromatic nitrogens is 1. The Hall–Kier alpha value is -3.04. The van der Waals surface area contributed by atoms with E-state index in [2.05, 4.69) is 37.3 Å². The second kappa shape index (κ2) is 7.09. The number of fused-ring (bicyclic) bond motifs is 1. The number of pyridine rings is 1. The molecule has 0 N–H and O–H groups in total. The predicted molar refractivity (Wildman–Crippen MR) is 117 cm³/mol. The zero-order valence-electron chi connectivity index (χ0n) is 16.1. The zero-order valence-corrected chi connectivity index (χ0v) is 16.9. The lowest BCUT2D eigenvalue weighted by molar-refractivity contribution is 0.301. The first-order valence-electron chi connectivity index (χ1n) is 9.70. The van der Waals surface area contributed by atoms with E-state index in [1.165, 1.54) is 11.1 Å². The average molecular weight is 402 g/mol. The minimum Gasteiger partial charge on any atom is -0.486 e. The van der Waals surface area contributed by atoms with Gasteiger partial charge in [-0.2, -0.15) is 0 Å². The second-order valence-electron chi connectivity index (χ2n) is 7.59. The van der Waals surface area contributed by atoms with Crippen LogP contribution in [-0.2, 0) is 19.6 Å². The number of ether oxygens (including phenoxy) is 1. The lowest BCUT2D eigenvalue weighted by Gasteiger charge is -2.23. The minimum atomic E-state index is -0.0531. The molecule has 144 valence electrons. The highest BCUT2D eigenvalue weighted by Crippen LogP contribution is 2.37. The molecule has 4 heteroatoms. The molecule has 1 aliphatic rings. The SMILES string of the molecule is Cc1ccc(Cc2cc(Cl)c3ccc(=O)n4c3c2OCc2ccccc2C4)cc1. The summed E-state index contributed by atoms with van der Waals surface area (Å²) in [6.45, 7) is 3.05. The van der Waals surface area contributed by atoms with E-state index >= 15 is 0 Å². The van der Waals surface area contributed by atoms with Crippen molar-refractivity contribution in [1.82, 2.24) is 4.57 Å². The van der Waals surface area contributed by atoms with Gasteiger partial charge in [0.15, 0.2) is 0 Å². The maximum atomic E-state index is 12.8. The monoisotopic (exact) mass is 401 g/mol. The van der Waals surface area contributed by atoms with Crippen LogP contribution in [0.1, 0.15) is 27.8 Å². The fraction of sp³-hybridized carbons (Fsp3) is 0.160. The first kappa shape index (κ1) is 18.0. The van der Waals surface area contributed by atoms with Gasteiger partial charge in [0, 0.05) is 23.4 Å². The molecule has 0 aliphatic carbocycles. The van der Waals surface area contributed by atoms with Gasteiger partial charge in [-0.3, -0.25) is 4.79 Å². The molecule has 1 aromatic heterocycles. The van der Waals surface area contributed by atoms with Crippen LogP contribution in [0, 0.1) is 6.92 Å². The normalized spacial score (nSPS) is 12.8. The van der Waals surface area contributed by atoms with Crippen molar-refractivity contribution >= 4 is 22.5 Å². The summed E-state index contributed by atoms with van der Waals surface area (Å²) < 4.78 is 8.13. The summed E-state index contributed by atoms with van der Waals surface area (Å²) in [6.07, 6.45) is 0.690.